The Balaban J connectivity index is 2.22. The minimum Gasteiger partial charge on any atom is -0.367 e. The zero-order valence-electron chi connectivity index (χ0n) is 12.5. The molecule has 0 aromatic heterocycles. The van der Waals surface area contributed by atoms with Crippen LogP contribution in [0, 0.1) is 6.92 Å². The highest BCUT2D eigenvalue weighted by molar-refractivity contribution is 5.49. The van der Waals surface area contributed by atoms with Crippen molar-refractivity contribution in [1.82, 2.24) is 0 Å². The molecular weight excluding hydrogens is 244 g/mol. The minimum atomic E-state index is 0.702. The number of anilines is 1. The highest BCUT2D eigenvalue weighted by Gasteiger charge is 2.08. The highest BCUT2D eigenvalue weighted by Crippen LogP contribution is 2.20. The van der Waals surface area contributed by atoms with Crippen LogP contribution in [0.4, 0.5) is 5.69 Å². The predicted octanol–water partition coefficient (Wildman–Crippen LogP) is 3.52. The highest BCUT2D eigenvalue weighted by atomic mass is 15.1. The van der Waals surface area contributed by atoms with Crippen molar-refractivity contribution in [2.75, 3.05) is 18.0 Å². The summed E-state index contributed by atoms with van der Waals surface area (Å²) in [6.07, 6.45) is 0.946. The molecule has 0 bridgehead atoms. The van der Waals surface area contributed by atoms with E-state index < -0.39 is 0 Å². The number of aryl methyl sites for hydroxylation is 1. The van der Waals surface area contributed by atoms with Crippen LogP contribution in [0.25, 0.3) is 0 Å². The molecule has 106 valence electrons. The van der Waals surface area contributed by atoms with Gasteiger partial charge >= 0.3 is 0 Å². The van der Waals surface area contributed by atoms with Gasteiger partial charge in [0.2, 0.25) is 0 Å². The third-order valence-corrected chi connectivity index (χ3v) is 3.64. The molecule has 0 amide bonds. The first-order chi connectivity index (χ1) is 9.74. The fraction of sp³-hybridized carbons (Fsp3) is 0.333. The van der Waals surface area contributed by atoms with Crippen molar-refractivity contribution in [2.24, 2.45) is 5.73 Å². The average molecular weight is 268 g/mol. The molecule has 0 saturated heterocycles. The number of nitrogens with zero attached hydrogens (tertiary/aromatic N) is 1. The minimum absolute atomic E-state index is 0.702. The fourth-order valence-electron chi connectivity index (χ4n) is 2.53. The molecule has 0 aliphatic rings. The van der Waals surface area contributed by atoms with Gasteiger partial charge in [-0.3, -0.25) is 0 Å². The first kappa shape index (κ1) is 14.6. The summed E-state index contributed by atoms with van der Waals surface area (Å²) < 4.78 is 0. The number of rotatable bonds is 6. The second-order valence-corrected chi connectivity index (χ2v) is 5.16. The van der Waals surface area contributed by atoms with Crippen molar-refractivity contribution in [3.63, 3.8) is 0 Å². The fourth-order valence-corrected chi connectivity index (χ4v) is 2.53. The van der Waals surface area contributed by atoms with Gasteiger partial charge in [-0.2, -0.15) is 0 Å². The standard InChI is InChI=1S/C18H24N2/c1-3-20(18-10-6-7-15(2)13-18)14-17-9-5-4-8-16(17)11-12-19/h4-10,13H,3,11-12,14,19H2,1-2H3. The SMILES string of the molecule is CCN(Cc1ccccc1CCN)c1cccc(C)c1. The molecule has 0 saturated carbocycles. The van der Waals surface area contributed by atoms with E-state index in [9.17, 15) is 0 Å². The average Bonchev–Trinajstić information content (AvgIpc) is 2.46. The molecule has 0 spiro atoms. The maximum Gasteiger partial charge on any atom is 0.0432 e. The topological polar surface area (TPSA) is 29.3 Å². The lowest BCUT2D eigenvalue weighted by Gasteiger charge is -2.25. The quantitative estimate of drug-likeness (QED) is 0.868. The molecule has 2 N–H and O–H groups in total. The largest absolute Gasteiger partial charge is 0.367 e. The van der Waals surface area contributed by atoms with Crippen LogP contribution in [-0.2, 0) is 13.0 Å². The first-order valence-electron chi connectivity index (χ1n) is 7.33. The molecule has 2 nitrogen and oxygen atoms in total. The van der Waals surface area contributed by atoms with E-state index in [4.69, 9.17) is 5.73 Å². The van der Waals surface area contributed by atoms with Gasteiger partial charge in [-0.15, -0.1) is 0 Å². The lowest BCUT2D eigenvalue weighted by atomic mass is 10.0. The van der Waals surface area contributed by atoms with E-state index in [2.05, 4.69) is 67.3 Å². The van der Waals surface area contributed by atoms with Crippen molar-refractivity contribution in [1.29, 1.82) is 0 Å². The predicted molar refractivity (Wildman–Crippen MR) is 87.1 cm³/mol. The van der Waals surface area contributed by atoms with Gasteiger partial charge in [-0.1, -0.05) is 36.4 Å². The van der Waals surface area contributed by atoms with Gasteiger partial charge < -0.3 is 10.6 Å². The van der Waals surface area contributed by atoms with Crippen molar-refractivity contribution in [2.45, 2.75) is 26.8 Å². The molecular formula is C18H24N2. The molecule has 0 radical (unpaired) electrons. The second kappa shape index (κ2) is 7.11. The van der Waals surface area contributed by atoms with Crippen LogP contribution < -0.4 is 10.6 Å². The van der Waals surface area contributed by atoms with Gasteiger partial charge in [0.05, 0.1) is 0 Å². The number of benzene rings is 2. The molecule has 0 heterocycles. The Kier molecular flexibility index (Phi) is 5.19. The van der Waals surface area contributed by atoms with E-state index >= 15 is 0 Å². The summed E-state index contributed by atoms with van der Waals surface area (Å²) in [7, 11) is 0. The van der Waals surface area contributed by atoms with E-state index in [0.717, 1.165) is 19.5 Å². The number of nitrogens with two attached hydrogens (primary N) is 1. The third-order valence-electron chi connectivity index (χ3n) is 3.64. The summed E-state index contributed by atoms with van der Waals surface area (Å²) in [5.41, 5.74) is 11.0. The molecule has 2 rings (SSSR count). The molecule has 0 aliphatic carbocycles. The molecule has 2 aromatic rings. The zero-order chi connectivity index (χ0) is 14.4. The summed E-state index contributed by atoms with van der Waals surface area (Å²) in [6, 6.07) is 17.3. The van der Waals surface area contributed by atoms with Gasteiger partial charge in [0.15, 0.2) is 0 Å². The van der Waals surface area contributed by atoms with E-state index in [0.29, 0.717) is 6.54 Å². The van der Waals surface area contributed by atoms with Gasteiger partial charge in [0.1, 0.15) is 0 Å². The summed E-state index contributed by atoms with van der Waals surface area (Å²) in [5.74, 6) is 0. The Labute approximate surface area is 122 Å². The van der Waals surface area contributed by atoms with Crippen molar-refractivity contribution in [3.8, 4) is 0 Å². The summed E-state index contributed by atoms with van der Waals surface area (Å²) in [4.78, 5) is 2.41. The Hall–Kier alpha value is -1.80. The molecule has 2 heteroatoms. The van der Waals surface area contributed by atoms with Crippen LogP contribution in [-0.4, -0.2) is 13.1 Å². The van der Waals surface area contributed by atoms with Gasteiger partial charge in [0.25, 0.3) is 0 Å². The molecule has 2 aromatic carbocycles. The smallest absolute Gasteiger partial charge is 0.0432 e. The van der Waals surface area contributed by atoms with Crippen LogP contribution >= 0.6 is 0 Å². The maximum absolute atomic E-state index is 5.71. The molecule has 0 aliphatic heterocycles. The molecule has 0 unspecified atom stereocenters. The Bertz CT molecular complexity index is 549. The van der Waals surface area contributed by atoms with Crippen LogP contribution in [0.2, 0.25) is 0 Å². The monoisotopic (exact) mass is 268 g/mol. The van der Waals surface area contributed by atoms with Gasteiger partial charge in [0, 0.05) is 18.8 Å². The molecule has 20 heavy (non-hydrogen) atoms. The van der Waals surface area contributed by atoms with E-state index in [1.54, 1.807) is 0 Å². The second-order valence-electron chi connectivity index (χ2n) is 5.16. The van der Waals surface area contributed by atoms with E-state index in [1.165, 1.54) is 22.4 Å². The maximum atomic E-state index is 5.71. The zero-order valence-corrected chi connectivity index (χ0v) is 12.5. The third kappa shape index (κ3) is 3.61. The number of hydrogen-bond acceptors (Lipinski definition) is 2. The van der Waals surface area contributed by atoms with E-state index in [-0.39, 0.29) is 0 Å². The lowest BCUT2D eigenvalue weighted by molar-refractivity contribution is 0.815. The Morgan fingerprint density at radius 3 is 2.40 bits per heavy atom. The summed E-state index contributed by atoms with van der Waals surface area (Å²) in [5, 5.41) is 0. The van der Waals surface area contributed by atoms with Gasteiger partial charge in [-0.25, -0.2) is 0 Å². The van der Waals surface area contributed by atoms with Crippen molar-refractivity contribution < 1.29 is 0 Å². The number of hydrogen-bond donors (Lipinski definition) is 1. The summed E-state index contributed by atoms with van der Waals surface area (Å²) >= 11 is 0. The lowest BCUT2D eigenvalue weighted by Crippen LogP contribution is -2.23. The molecule has 0 atom stereocenters. The van der Waals surface area contributed by atoms with Crippen LogP contribution in [0.3, 0.4) is 0 Å². The summed E-state index contributed by atoms with van der Waals surface area (Å²) in [6.45, 7) is 6.98. The van der Waals surface area contributed by atoms with Crippen LogP contribution in [0.1, 0.15) is 23.6 Å². The Morgan fingerprint density at radius 2 is 1.75 bits per heavy atom. The van der Waals surface area contributed by atoms with Crippen LogP contribution in [0.15, 0.2) is 48.5 Å². The van der Waals surface area contributed by atoms with Crippen LogP contribution in [0.5, 0.6) is 0 Å². The normalized spacial score (nSPS) is 10.6. The van der Waals surface area contributed by atoms with Crippen molar-refractivity contribution in [3.05, 3.63) is 65.2 Å². The van der Waals surface area contributed by atoms with E-state index in [1.807, 2.05) is 0 Å². The van der Waals surface area contributed by atoms with Crippen molar-refractivity contribution >= 4 is 5.69 Å². The first-order valence-corrected chi connectivity index (χ1v) is 7.33. The molecule has 0 fully saturated rings. The van der Waals surface area contributed by atoms with Gasteiger partial charge in [-0.05, 0) is 55.6 Å². The Morgan fingerprint density at radius 1 is 1.00 bits per heavy atom.